The van der Waals surface area contributed by atoms with Gasteiger partial charge in [0.15, 0.2) is 5.58 Å². The number of imidazole rings is 1. The maximum Gasteiger partial charge on any atom is 0.167 e. The molecule has 33 heavy (non-hydrogen) atoms. The molecule has 4 aromatic rings. The molecule has 172 valence electrons. The smallest absolute Gasteiger partial charge is 0.167 e. The van der Waals surface area contributed by atoms with Gasteiger partial charge in [0.1, 0.15) is 5.82 Å². The number of hydrogen-bond acceptors (Lipinski definition) is 5. The quantitative estimate of drug-likeness (QED) is 0.389. The van der Waals surface area contributed by atoms with Crippen molar-refractivity contribution < 1.29 is 9.26 Å². The van der Waals surface area contributed by atoms with Crippen molar-refractivity contribution in [1.29, 1.82) is 0 Å². The normalized spacial score (nSPS) is 20.2. The van der Waals surface area contributed by atoms with Crippen LogP contribution in [-0.4, -0.2) is 40.5 Å². The number of morpholine rings is 1. The summed E-state index contributed by atoms with van der Waals surface area (Å²) in [6.07, 6.45) is 6.67. The van der Waals surface area contributed by atoms with E-state index in [1.807, 2.05) is 13.0 Å². The fraction of sp³-hybridized carbons (Fsp3) is 0.481. The van der Waals surface area contributed by atoms with E-state index in [1.165, 1.54) is 43.3 Å². The summed E-state index contributed by atoms with van der Waals surface area (Å²) in [6.45, 7) is 7.76. The predicted molar refractivity (Wildman–Crippen MR) is 132 cm³/mol. The van der Waals surface area contributed by atoms with Crippen molar-refractivity contribution >= 4 is 27.7 Å². The Morgan fingerprint density at radius 3 is 2.79 bits per heavy atom. The Morgan fingerprint density at radius 2 is 1.94 bits per heavy atom. The first kappa shape index (κ1) is 20.7. The highest BCUT2D eigenvalue weighted by atomic mass is 16.5. The summed E-state index contributed by atoms with van der Waals surface area (Å²) in [5.74, 6) is 1.76. The lowest BCUT2D eigenvalue weighted by Crippen LogP contribution is -2.43. The van der Waals surface area contributed by atoms with Crippen LogP contribution in [-0.2, 0) is 11.3 Å². The number of aryl methyl sites for hydroxylation is 1. The van der Waals surface area contributed by atoms with Crippen LogP contribution < -0.4 is 4.90 Å². The van der Waals surface area contributed by atoms with E-state index in [1.54, 1.807) is 0 Å². The molecule has 0 unspecified atom stereocenters. The third-order valence-electron chi connectivity index (χ3n) is 7.51. The van der Waals surface area contributed by atoms with Crippen LogP contribution in [0.1, 0.15) is 44.7 Å². The van der Waals surface area contributed by atoms with Crippen molar-refractivity contribution in [1.82, 2.24) is 14.7 Å². The van der Waals surface area contributed by atoms with Crippen LogP contribution in [0.4, 0.5) is 5.69 Å². The van der Waals surface area contributed by atoms with Gasteiger partial charge in [0.05, 0.1) is 29.9 Å². The molecular weight excluding hydrogens is 412 g/mol. The Balaban J connectivity index is 1.48. The summed E-state index contributed by atoms with van der Waals surface area (Å²) in [7, 11) is 0. The summed E-state index contributed by atoms with van der Waals surface area (Å²) in [4.78, 5) is 7.61. The largest absolute Gasteiger partial charge is 0.377 e. The Labute approximate surface area is 194 Å². The summed E-state index contributed by atoms with van der Waals surface area (Å²) in [5, 5.41) is 5.20. The lowest BCUT2D eigenvalue weighted by atomic mass is 9.89. The highest BCUT2D eigenvalue weighted by Gasteiger charge is 2.23. The molecule has 1 aliphatic carbocycles. The minimum atomic E-state index is 0.379. The van der Waals surface area contributed by atoms with Gasteiger partial charge in [-0.1, -0.05) is 24.4 Å². The maximum absolute atomic E-state index is 5.67. The number of hydrogen-bond donors (Lipinski definition) is 0. The average Bonchev–Trinajstić information content (AvgIpc) is 3.40. The molecule has 1 saturated carbocycles. The van der Waals surface area contributed by atoms with E-state index in [0.29, 0.717) is 12.0 Å². The van der Waals surface area contributed by atoms with E-state index in [-0.39, 0.29) is 0 Å². The number of fused-ring (bicyclic) bond motifs is 2. The molecule has 0 N–H and O–H groups in total. The fourth-order valence-electron chi connectivity index (χ4n) is 5.63. The van der Waals surface area contributed by atoms with E-state index >= 15 is 0 Å². The Bertz CT molecular complexity index is 1280. The van der Waals surface area contributed by atoms with Crippen molar-refractivity contribution in [3.63, 3.8) is 0 Å². The van der Waals surface area contributed by atoms with Crippen molar-refractivity contribution in [2.75, 3.05) is 24.7 Å². The van der Waals surface area contributed by atoms with E-state index in [2.05, 4.69) is 51.9 Å². The van der Waals surface area contributed by atoms with Gasteiger partial charge in [-0.05, 0) is 69.0 Å². The topological polar surface area (TPSA) is 56.3 Å². The Morgan fingerprint density at radius 1 is 1.06 bits per heavy atom. The summed E-state index contributed by atoms with van der Waals surface area (Å²) in [5.41, 5.74) is 6.43. The van der Waals surface area contributed by atoms with Crippen LogP contribution in [0.15, 0.2) is 40.9 Å². The molecule has 0 spiro atoms. The van der Waals surface area contributed by atoms with Gasteiger partial charge in [0.25, 0.3) is 0 Å². The number of aromatic nitrogens is 3. The number of nitrogens with zero attached hydrogens (tertiary/aromatic N) is 4. The second-order valence-corrected chi connectivity index (χ2v) is 9.82. The van der Waals surface area contributed by atoms with E-state index in [4.69, 9.17) is 14.2 Å². The number of benzene rings is 2. The van der Waals surface area contributed by atoms with Crippen molar-refractivity contribution in [2.24, 2.45) is 5.92 Å². The van der Waals surface area contributed by atoms with Gasteiger partial charge in [0.2, 0.25) is 0 Å². The molecule has 3 heterocycles. The summed E-state index contributed by atoms with van der Waals surface area (Å²) >= 11 is 0. The molecule has 2 aromatic carbocycles. The first-order chi connectivity index (χ1) is 16.2. The fourth-order valence-corrected chi connectivity index (χ4v) is 5.63. The zero-order valence-corrected chi connectivity index (χ0v) is 19.6. The standard InChI is InChI=1S/C27H32N4O2/c1-18-17-32-13-12-30(18)22-9-10-24-25(15-22)31(16-20-6-4-3-5-7-20)27(28-24)21-8-11-26-23(14-21)19(2)29-33-26/h8-11,14-15,18,20H,3-7,12-13,16-17H2,1-2H3/t18-/m0/s1. The first-order valence-corrected chi connectivity index (χ1v) is 12.4. The molecule has 6 nitrogen and oxygen atoms in total. The summed E-state index contributed by atoms with van der Waals surface area (Å²) < 4.78 is 13.6. The van der Waals surface area contributed by atoms with Gasteiger partial charge in [0, 0.05) is 35.8 Å². The minimum absolute atomic E-state index is 0.379. The monoisotopic (exact) mass is 444 g/mol. The number of rotatable bonds is 4. The highest BCUT2D eigenvalue weighted by molar-refractivity contribution is 5.88. The first-order valence-electron chi connectivity index (χ1n) is 12.4. The molecular formula is C27H32N4O2. The molecule has 2 fully saturated rings. The van der Waals surface area contributed by atoms with Gasteiger partial charge in [-0.25, -0.2) is 4.98 Å². The molecule has 6 heteroatoms. The van der Waals surface area contributed by atoms with Crippen LogP contribution >= 0.6 is 0 Å². The molecule has 6 rings (SSSR count). The molecule has 1 aliphatic heterocycles. The van der Waals surface area contributed by atoms with Crippen LogP contribution in [0.3, 0.4) is 0 Å². The molecule has 2 aromatic heterocycles. The van der Waals surface area contributed by atoms with E-state index < -0.39 is 0 Å². The zero-order valence-electron chi connectivity index (χ0n) is 19.6. The lowest BCUT2D eigenvalue weighted by molar-refractivity contribution is 0.0989. The predicted octanol–water partition coefficient (Wildman–Crippen LogP) is 5.96. The van der Waals surface area contributed by atoms with E-state index in [0.717, 1.165) is 59.9 Å². The van der Waals surface area contributed by atoms with Crippen molar-refractivity contribution in [3.8, 4) is 11.4 Å². The molecule has 2 aliphatic rings. The van der Waals surface area contributed by atoms with E-state index in [9.17, 15) is 0 Å². The minimum Gasteiger partial charge on any atom is -0.377 e. The lowest BCUT2D eigenvalue weighted by Gasteiger charge is -2.35. The Hall–Kier alpha value is -2.86. The second-order valence-electron chi connectivity index (χ2n) is 9.82. The number of ether oxygens (including phenoxy) is 1. The van der Waals surface area contributed by atoms with Gasteiger partial charge >= 0.3 is 0 Å². The van der Waals surface area contributed by atoms with Gasteiger partial charge in [-0.15, -0.1) is 0 Å². The van der Waals surface area contributed by atoms with Crippen LogP contribution in [0.25, 0.3) is 33.4 Å². The van der Waals surface area contributed by atoms with Gasteiger partial charge in [-0.2, -0.15) is 0 Å². The Kier molecular flexibility index (Phi) is 5.33. The zero-order chi connectivity index (χ0) is 22.4. The van der Waals surface area contributed by atoms with Crippen molar-refractivity contribution in [2.45, 2.75) is 58.5 Å². The molecule has 0 bridgehead atoms. The molecule has 0 amide bonds. The van der Waals surface area contributed by atoms with Crippen LogP contribution in [0.5, 0.6) is 0 Å². The number of anilines is 1. The maximum atomic E-state index is 5.67. The van der Waals surface area contributed by atoms with Crippen molar-refractivity contribution in [3.05, 3.63) is 42.1 Å². The highest BCUT2D eigenvalue weighted by Crippen LogP contribution is 2.34. The summed E-state index contributed by atoms with van der Waals surface area (Å²) in [6, 6.07) is 13.5. The second kappa shape index (κ2) is 8.49. The molecule has 0 radical (unpaired) electrons. The van der Waals surface area contributed by atoms with Crippen LogP contribution in [0.2, 0.25) is 0 Å². The third-order valence-corrected chi connectivity index (χ3v) is 7.51. The SMILES string of the molecule is Cc1noc2ccc(-c3nc4ccc(N5CCOC[C@@H]5C)cc4n3CC3CCCCC3)cc12. The van der Waals surface area contributed by atoms with Gasteiger partial charge < -0.3 is 18.7 Å². The molecule has 1 saturated heterocycles. The average molecular weight is 445 g/mol. The van der Waals surface area contributed by atoms with Crippen LogP contribution in [0, 0.1) is 12.8 Å². The molecule has 1 atom stereocenters. The van der Waals surface area contributed by atoms with Gasteiger partial charge in [-0.3, -0.25) is 0 Å². The third kappa shape index (κ3) is 3.80.